The van der Waals surface area contributed by atoms with Crippen LogP contribution in [0, 0.1) is 0 Å². The van der Waals surface area contributed by atoms with Crippen molar-refractivity contribution in [3.05, 3.63) is 0 Å². The molecule has 0 fully saturated rings. The lowest BCUT2D eigenvalue weighted by atomic mass is 10.0. The zero-order chi connectivity index (χ0) is 7.33. The standard InChI is InChI=1S/C7H16NO/c1-7(2,9)5-3-4-6-8/h3-6,8H2,1-2H3. The van der Waals surface area contributed by atoms with Gasteiger partial charge in [-0.25, -0.2) is 5.11 Å². The van der Waals surface area contributed by atoms with Gasteiger partial charge in [0.1, 0.15) is 0 Å². The molecule has 0 aliphatic carbocycles. The summed E-state index contributed by atoms with van der Waals surface area (Å²) in [6, 6.07) is 0. The average Bonchev–Trinajstić information content (AvgIpc) is 1.63. The fraction of sp³-hybridized carbons (Fsp3) is 1.00. The maximum absolute atomic E-state index is 10.9. The van der Waals surface area contributed by atoms with Crippen molar-refractivity contribution in [3.63, 3.8) is 0 Å². The first-order valence-corrected chi connectivity index (χ1v) is 3.47. The van der Waals surface area contributed by atoms with Crippen molar-refractivity contribution in [1.29, 1.82) is 0 Å². The van der Waals surface area contributed by atoms with Crippen molar-refractivity contribution in [1.82, 2.24) is 0 Å². The molecule has 0 aliphatic rings. The number of nitrogens with two attached hydrogens (primary N) is 1. The Morgan fingerprint density at radius 3 is 2.22 bits per heavy atom. The van der Waals surface area contributed by atoms with Gasteiger partial charge < -0.3 is 5.73 Å². The van der Waals surface area contributed by atoms with Gasteiger partial charge in [0.25, 0.3) is 0 Å². The molecule has 55 valence electrons. The molecule has 2 heteroatoms. The van der Waals surface area contributed by atoms with Crippen LogP contribution >= 0.6 is 0 Å². The van der Waals surface area contributed by atoms with Crippen LogP contribution in [0.1, 0.15) is 33.1 Å². The van der Waals surface area contributed by atoms with Crippen molar-refractivity contribution in [2.75, 3.05) is 6.54 Å². The maximum Gasteiger partial charge on any atom is 0.0980 e. The van der Waals surface area contributed by atoms with E-state index < -0.39 is 5.60 Å². The van der Waals surface area contributed by atoms with E-state index in [0.29, 0.717) is 6.54 Å². The van der Waals surface area contributed by atoms with Crippen molar-refractivity contribution in [2.24, 2.45) is 5.73 Å². The Morgan fingerprint density at radius 2 is 1.89 bits per heavy atom. The molecule has 2 N–H and O–H groups in total. The molecule has 2 nitrogen and oxygen atoms in total. The molecule has 0 unspecified atom stereocenters. The van der Waals surface area contributed by atoms with Gasteiger partial charge in [-0.1, -0.05) is 0 Å². The summed E-state index contributed by atoms with van der Waals surface area (Å²) in [5.74, 6) is 0. The Hall–Kier alpha value is -0.0800. The summed E-state index contributed by atoms with van der Waals surface area (Å²) >= 11 is 0. The van der Waals surface area contributed by atoms with Crippen LogP contribution in [0.15, 0.2) is 0 Å². The molecule has 0 aromatic rings. The van der Waals surface area contributed by atoms with Gasteiger partial charge in [0.05, 0.1) is 5.60 Å². The fourth-order valence-electron chi connectivity index (χ4n) is 0.695. The second-order valence-electron chi connectivity index (χ2n) is 3.01. The summed E-state index contributed by atoms with van der Waals surface area (Å²) in [6.07, 6.45) is 2.68. The molecule has 9 heavy (non-hydrogen) atoms. The zero-order valence-electron chi connectivity index (χ0n) is 6.31. The SMILES string of the molecule is CC(C)([O])CCCCN. The van der Waals surface area contributed by atoms with Gasteiger partial charge in [-0.2, -0.15) is 0 Å². The van der Waals surface area contributed by atoms with Crippen LogP contribution in [0.5, 0.6) is 0 Å². The summed E-state index contributed by atoms with van der Waals surface area (Å²) in [7, 11) is 0. The smallest absolute Gasteiger partial charge is 0.0980 e. The molecule has 0 aliphatic heterocycles. The summed E-state index contributed by atoms with van der Waals surface area (Å²) in [5.41, 5.74) is 4.50. The van der Waals surface area contributed by atoms with E-state index >= 15 is 0 Å². The minimum atomic E-state index is -0.755. The van der Waals surface area contributed by atoms with Crippen LogP contribution in [-0.4, -0.2) is 12.1 Å². The largest absolute Gasteiger partial charge is 0.330 e. The highest BCUT2D eigenvalue weighted by atomic mass is 16.3. The second-order valence-corrected chi connectivity index (χ2v) is 3.01. The Balaban J connectivity index is 3.07. The molecule has 0 atom stereocenters. The molecule has 0 aromatic heterocycles. The number of unbranched alkanes of at least 4 members (excludes halogenated alkanes) is 1. The summed E-state index contributed by atoms with van der Waals surface area (Å²) in [4.78, 5) is 0. The van der Waals surface area contributed by atoms with E-state index in [-0.39, 0.29) is 0 Å². The van der Waals surface area contributed by atoms with E-state index in [9.17, 15) is 5.11 Å². The van der Waals surface area contributed by atoms with Gasteiger partial charge in [0.2, 0.25) is 0 Å². The first-order valence-electron chi connectivity index (χ1n) is 3.47. The minimum Gasteiger partial charge on any atom is -0.330 e. The van der Waals surface area contributed by atoms with Gasteiger partial charge in [0, 0.05) is 0 Å². The van der Waals surface area contributed by atoms with Crippen LogP contribution in [0.2, 0.25) is 0 Å². The van der Waals surface area contributed by atoms with Crippen LogP contribution < -0.4 is 5.73 Å². The lowest BCUT2D eigenvalue weighted by Crippen LogP contribution is -2.16. The first-order chi connectivity index (χ1) is 4.06. The molecule has 1 radical (unpaired) electrons. The summed E-state index contributed by atoms with van der Waals surface area (Å²) in [5, 5.41) is 10.9. The summed E-state index contributed by atoms with van der Waals surface area (Å²) < 4.78 is 0. The molecule has 0 spiro atoms. The molecular formula is C7H16NO. The minimum absolute atomic E-state index is 0.704. The fourth-order valence-corrected chi connectivity index (χ4v) is 0.695. The van der Waals surface area contributed by atoms with Crippen molar-refractivity contribution < 1.29 is 5.11 Å². The van der Waals surface area contributed by atoms with E-state index in [1.807, 2.05) is 0 Å². The highest BCUT2D eigenvalue weighted by Gasteiger charge is 2.13. The second kappa shape index (κ2) is 3.85. The van der Waals surface area contributed by atoms with Crippen LogP contribution in [0.25, 0.3) is 0 Å². The first kappa shape index (κ1) is 8.92. The van der Waals surface area contributed by atoms with Crippen LogP contribution in [-0.2, 0) is 5.11 Å². The van der Waals surface area contributed by atoms with Crippen molar-refractivity contribution >= 4 is 0 Å². The van der Waals surface area contributed by atoms with Gasteiger partial charge in [-0.15, -0.1) is 0 Å². The lowest BCUT2D eigenvalue weighted by Gasteiger charge is -2.12. The molecular weight excluding hydrogens is 114 g/mol. The van der Waals surface area contributed by atoms with E-state index in [1.54, 1.807) is 13.8 Å². The monoisotopic (exact) mass is 130 g/mol. The molecule has 0 saturated heterocycles. The van der Waals surface area contributed by atoms with Crippen LogP contribution in [0.4, 0.5) is 0 Å². The number of hydrogen-bond donors (Lipinski definition) is 1. The third kappa shape index (κ3) is 7.92. The van der Waals surface area contributed by atoms with Crippen LogP contribution in [0.3, 0.4) is 0 Å². The highest BCUT2D eigenvalue weighted by Crippen LogP contribution is 2.11. The van der Waals surface area contributed by atoms with Gasteiger partial charge >= 0.3 is 0 Å². The molecule has 0 rings (SSSR count). The Kier molecular flexibility index (Phi) is 3.82. The van der Waals surface area contributed by atoms with Gasteiger partial charge in [-0.3, -0.25) is 0 Å². The number of hydrogen-bond acceptors (Lipinski definition) is 1. The molecule has 0 saturated carbocycles. The molecule has 0 heterocycles. The van der Waals surface area contributed by atoms with E-state index in [0.717, 1.165) is 19.3 Å². The zero-order valence-corrected chi connectivity index (χ0v) is 6.31. The normalized spacial score (nSPS) is 12.0. The van der Waals surface area contributed by atoms with Gasteiger partial charge in [0.15, 0.2) is 0 Å². The maximum atomic E-state index is 10.9. The lowest BCUT2D eigenvalue weighted by molar-refractivity contribution is -0.00484. The molecule has 0 aromatic carbocycles. The quantitative estimate of drug-likeness (QED) is 0.573. The summed E-state index contributed by atoms with van der Waals surface area (Å²) in [6.45, 7) is 4.13. The average molecular weight is 130 g/mol. The third-order valence-corrected chi connectivity index (χ3v) is 1.23. The van der Waals surface area contributed by atoms with E-state index in [2.05, 4.69) is 0 Å². The van der Waals surface area contributed by atoms with Crippen molar-refractivity contribution in [2.45, 2.75) is 38.7 Å². The topological polar surface area (TPSA) is 45.9 Å². The Bertz CT molecular complexity index is 65.8. The number of rotatable bonds is 4. The predicted molar refractivity (Wildman–Crippen MR) is 37.7 cm³/mol. The molecule has 0 amide bonds. The van der Waals surface area contributed by atoms with E-state index in [4.69, 9.17) is 5.73 Å². The van der Waals surface area contributed by atoms with Crippen molar-refractivity contribution in [3.8, 4) is 0 Å². The third-order valence-electron chi connectivity index (χ3n) is 1.23. The highest BCUT2D eigenvalue weighted by molar-refractivity contribution is 4.63. The Morgan fingerprint density at radius 1 is 1.33 bits per heavy atom. The predicted octanol–water partition coefficient (Wildman–Crippen LogP) is 1.32. The van der Waals surface area contributed by atoms with Gasteiger partial charge in [-0.05, 0) is 39.7 Å². The molecule has 0 bridgehead atoms. The van der Waals surface area contributed by atoms with E-state index in [1.165, 1.54) is 0 Å². The Labute approximate surface area is 57.1 Å².